The number of ether oxygens (including phenoxy) is 1. The number of hydrogen-bond donors (Lipinski definition) is 1. The molecule has 1 N–H and O–H groups in total. The van der Waals surface area contributed by atoms with Gasteiger partial charge in [-0.2, -0.15) is 0 Å². The van der Waals surface area contributed by atoms with Crippen molar-refractivity contribution >= 4 is 0 Å². The standard InChI is InChI=1S/C10H22N2O/c1-3-5-11-8-10-9-13-7-6-12(10)4-2/h10-11H,3-9H2,1-2H3. The molecule has 0 bridgehead atoms. The summed E-state index contributed by atoms with van der Waals surface area (Å²) >= 11 is 0. The van der Waals surface area contributed by atoms with Gasteiger partial charge in [0.05, 0.1) is 13.2 Å². The van der Waals surface area contributed by atoms with Crippen LogP contribution in [0.2, 0.25) is 0 Å². The van der Waals surface area contributed by atoms with E-state index in [4.69, 9.17) is 4.74 Å². The Hall–Kier alpha value is -0.120. The highest BCUT2D eigenvalue weighted by Crippen LogP contribution is 2.04. The van der Waals surface area contributed by atoms with Gasteiger partial charge in [-0.05, 0) is 19.5 Å². The zero-order valence-electron chi connectivity index (χ0n) is 8.88. The molecule has 0 aromatic rings. The third-order valence-corrected chi connectivity index (χ3v) is 2.56. The molecule has 13 heavy (non-hydrogen) atoms. The van der Waals surface area contributed by atoms with E-state index in [-0.39, 0.29) is 0 Å². The van der Waals surface area contributed by atoms with Crippen LogP contribution in [0.3, 0.4) is 0 Å². The fourth-order valence-corrected chi connectivity index (χ4v) is 1.74. The number of rotatable bonds is 5. The van der Waals surface area contributed by atoms with Crippen molar-refractivity contribution in [1.29, 1.82) is 0 Å². The average molecular weight is 186 g/mol. The van der Waals surface area contributed by atoms with Gasteiger partial charge in [0.2, 0.25) is 0 Å². The third-order valence-electron chi connectivity index (χ3n) is 2.56. The van der Waals surface area contributed by atoms with Crippen molar-refractivity contribution in [3.8, 4) is 0 Å². The first-order valence-corrected chi connectivity index (χ1v) is 5.41. The smallest absolute Gasteiger partial charge is 0.0634 e. The Labute approximate surface area is 81.4 Å². The molecule has 1 saturated heterocycles. The Morgan fingerprint density at radius 3 is 3.00 bits per heavy atom. The molecule has 0 spiro atoms. The summed E-state index contributed by atoms with van der Waals surface area (Å²) in [7, 11) is 0. The summed E-state index contributed by atoms with van der Waals surface area (Å²) in [5.74, 6) is 0. The lowest BCUT2D eigenvalue weighted by Crippen LogP contribution is -2.50. The molecule has 1 rings (SSSR count). The molecule has 3 heteroatoms. The lowest BCUT2D eigenvalue weighted by Gasteiger charge is -2.34. The number of likely N-dealkylation sites (N-methyl/N-ethyl adjacent to an activating group) is 1. The van der Waals surface area contributed by atoms with E-state index in [0.29, 0.717) is 6.04 Å². The molecule has 1 atom stereocenters. The molecule has 3 nitrogen and oxygen atoms in total. The molecule has 1 unspecified atom stereocenters. The monoisotopic (exact) mass is 186 g/mol. The van der Waals surface area contributed by atoms with Gasteiger partial charge in [-0.15, -0.1) is 0 Å². The Bertz CT molecular complexity index is 130. The first kappa shape index (κ1) is 11.0. The van der Waals surface area contributed by atoms with Gasteiger partial charge in [-0.3, -0.25) is 4.90 Å². The predicted molar refractivity (Wildman–Crippen MR) is 55.0 cm³/mol. The van der Waals surface area contributed by atoms with Gasteiger partial charge < -0.3 is 10.1 Å². The van der Waals surface area contributed by atoms with Gasteiger partial charge in [0, 0.05) is 19.1 Å². The maximum Gasteiger partial charge on any atom is 0.0634 e. The summed E-state index contributed by atoms with van der Waals surface area (Å²) in [6.07, 6.45) is 1.21. The minimum absolute atomic E-state index is 0.588. The maximum atomic E-state index is 5.46. The van der Waals surface area contributed by atoms with E-state index in [9.17, 15) is 0 Å². The summed E-state index contributed by atoms with van der Waals surface area (Å²) in [6, 6.07) is 0.588. The van der Waals surface area contributed by atoms with Gasteiger partial charge in [-0.25, -0.2) is 0 Å². The molecule has 0 aliphatic carbocycles. The number of nitrogens with zero attached hydrogens (tertiary/aromatic N) is 1. The normalized spacial score (nSPS) is 24.9. The summed E-state index contributed by atoms with van der Waals surface area (Å²) < 4.78 is 5.46. The van der Waals surface area contributed by atoms with Gasteiger partial charge in [0.1, 0.15) is 0 Å². The summed E-state index contributed by atoms with van der Waals surface area (Å²) in [5, 5.41) is 3.45. The van der Waals surface area contributed by atoms with Crippen molar-refractivity contribution in [3.63, 3.8) is 0 Å². The van der Waals surface area contributed by atoms with Crippen LogP contribution in [0, 0.1) is 0 Å². The SMILES string of the molecule is CCCNCC1COCCN1CC. The van der Waals surface area contributed by atoms with Crippen LogP contribution in [0.15, 0.2) is 0 Å². The fourth-order valence-electron chi connectivity index (χ4n) is 1.74. The van der Waals surface area contributed by atoms with Crippen molar-refractivity contribution in [3.05, 3.63) is 0 Å². The molecule has 1 heterocycles. The van der Waals surface area contributed by atoms with Gasteiger partial charge in [0.25, 0.3) is 0 Å². The second-order valence-corrected chi connectivity index (χ2v) is 3.56. The predicted octanol–water partition coefficient (Wildman–Crippen LogP) is 0.707. The third kappa shape index (κ3) is 3.63. The molecule has 0 radical (unpaired) electrons. The average Bonchev–Trinajstić information content (AvgIpc) is 2.19. The molecular formula is C10H22N2O. The van der Waals surface area contributed by atoms with E-state index in [1.54, 1.807) is 0 Å². The summed E-state index contributed by atoms with van der Waals surface area (Å²) in [5.41, 5.74) is 0. The molecular weight excluding hydrogens is 164 g/mol. The highest BCUT2D eigenvalue weighted by atomic mass is 16.5. The van der Waals surface area contributed by atoms with Crippen LogP contribution in [0.4, 0.5) is 0 Å². The van der Waals surface area contributed by atoms with Crippen LogP contribution in [0.5, 0.6) is 0 Å². The second-order valence-electron chi connectivity index (χ2n) is 3.56. The number of nitrogens with one attached hydrogen (secondary N) is 1. The Kier molecular flexibility index (Phi) is 5.35. The Morgan fingerprint density at radius 2 is 2.31 bits per heavy atom. The summed E-state index contributed by atoms with van der Waals surface area (Å²) in [6.45, 7) is 10.6. The van der Waals surface area contributed by atoms with Crippen LogP contribution >= 0.6 is 0 Å². The zero-order chi connectivity index (χ0) is 9.52. The van der Waals surface area contributed by atoms with Gasteiger partial charge in [0.15, 0.2) is 0 Å². The minimum atomic E-state index is 0.588. The quantitative estimate of drug-likeness (QED) is 0.640. The van der Waals surface area contributed by atoms with Gasteiger partial charge >= 0.3 is 0 Å². The second kappa shape index (κ2) is 6.35. The van der Waals surface area contributed by atoms with Crippen LogP contribution < -0.4 is 5.32 Å². The Morgan fingerprint density at radius 1 is 1.46 bits per heavy atom. The van der Waals surface area contributed by atoms with E-state index in [2.05, 4.69) is 24.1 Å². The Balaban J connectivity index is 2.19. The molecule has 1 aliphatic rings. The molecule has 1 aliphatic heterocycles. The number of morpholine rings is 1. The van der Waals surface area contributed by atoms with Crippen LogP contribution in [-0.2, 0) is 4.74 Å². The van der Waals surface area contributed by atoms with Crippen LogP contribution in [0.1, 0.15) is 20.3 Å². The first-order valence-electron chi connectivity index (χ1n) is 5.41. The number of hydrogen-bond acceptors (Lipinski definition) is 3. The topological polar surface area (TPSA) is 24.5 Å². The molecule has 1 fully saturated rings. The van der Waals surface area contributed by atoms with Gasteiger partial charge in [-0.1, -0.05) is 13.8 Å². The van der Waals surface area contributed by atoms with E-state index in [1.807, 2.05) is 0 Å². The highest BCUT2D eigenvalue weighted by molar-refractivity contribution is 4.76. The van der Waals surface area contributed by atoms with Crippen LogP contribution in [-0.4, -0.2) is 50.3 Å². The maximum absolute atomic E-state index is 5.46. The van der Waals surface area contributed by atoms with Crippen molar-refractivity contribution in [1.82, 2.24) is 10.2 Å². The largest absolute Gasteiger partial charge is 0.378 e. The lowest BCUT2D eigenvalue weighted by atomic mass is 10.2. The minimum Gasteiger partial charge on any atom is -0.378 e. The molecule has 0 aromatic heterocycles. The van der Waals surface area contributed by atoms with Crippen molar-refractivity contribution in [2.75, 3.05) is 39.4 Å². The van der Waals surface area contributed by atoms with E-state index in [0.717, 1.165) is 39.4 Å². The van der Waals surface area contributed by atoms with E-state index >= 15 is 0 Å². The van der Waals surface area contributed by atoms with Crippen molar-refractivity contribution in [2.24, 2.45) is 0 Å². The first-order chi connectivity index (χ1) is 6.38. The van der Waals surface area contributed by atoms with E-state index in [1.165, 1.54) is 6.42 Å². The van der Waals surface area contributed by atoms with Crippen LogP contribution in [0.25, 0.3) is 0 Å². The molecule has 0 amide bonds. The lowest BCUT2D eigenvalue weighted by molar-refractivity contribution is -0.00404. The molecule has 78 valence electrons. The molecule has 0 aromatic carbocycles. The van der Waals surface area contributed by atoms with Crippen molar-refractivity contribution < 1.29 is 4.74 Å². The fraction of sp³-hybridized carbons (Fsp3) is 1.00. The zero-order valence-corrected chi connectivity index (χ0v) is 8.88. The molecule has 0 saturated carbocycles. The van der Waals surface area contributed by atoms with E-state index < -0.39 is 0 Å². The van der Waals surface area contributed by atoms with Crippen molar-refractivity contribution in [2.45, 2.75) is 26.3 Å². The summed E-state index contributed by atoms with van der Waals surface area (Å²) in [4.78, 5) is 2.49. The highest BCUT2D eigenvalue weighted by Gasteiger charge is 2.20.